The second kappa shape index (κ2) is 6.09. The SMILES string of the molecule is O=C(CCc1ccsc1)c1ccc(OC(F)(F)F)cc1. The third-order valence-corrected chi connectivity index (χ3v) is 3.36. The van der Waals surface area contributed by atoms with Crippen molar-refractivity contribution in [1.82, 2.24) is 0 Å². The number of rotatable bonds is 5. The van der Waals surface area contributed by atoms with E-state index in [-0.39, 0.29) is 11.5 Å². The van der Waals surface area contributed by atoms with Gasteiger partial charge in [-0.2, -0.15) is 11.3 Å². The van der Waals surface area contributed by atoms with Crippen molar-refractivity contribution in [3.63, 3.8) is 0 Å². The predicted molar refractivity (Wildman–Crippen MR) is 70.1 cm³/mol. The number of carbonyl (C=O) groups excluding carboxylic acids is 1. The van der Waals surface area contributed by atoms with Crippen molar-refractivity contribution in [2.24, 2.45) is 0 Å². The molecule has 1 heterocycles. The van der Waals surface area contributed by atoms with E-state index >= 15 is 0 Å². The number of Topliss-reactive ketones (excluding diaryl/α,β-unsaturated/α-hetero) is 1. The molecule has 0 aliphatic heterocycles. The minimum Gasteiger partial charge on any atom is -0.406 e. The Morgan fingerprint density at radius 2 is 1.85 bits per heavy atom. The minimum atomic E-state index is -4.72. The van der Waals surface area contributed by atoms with Crippen LogP contribution in [0.5, 0.6) is 5.75 Å². The molecule has 0 N–H and O–H groups in total. The van der Waals surface area contributed by atoms with E-state index in [1.54, 1.807) is 11.3 Å². The number of ketones is 1. The maximum Gasteiger partial charge on any atom is 0.573 e. The van der Waals surface area contributed by atoms with Gasteiger partial charge in [-0.25, -0.2) is 0 Å². The van der Waals surface area contributed by atoms with Crippen LogP contribution in [0, 0.1) is 0 Å². The van der Waals surface area contributed by atoms with Gasteiger partial charge in [0.15, 0.2) is 5.78 Å². The second-order valence-corrected chi connectivity index (χ2v) is 4.91. The molecule has 0 amide bonds. The molecular formula is C14H11F3O2S. The maximum absolute atomic E-state index is 12.0. The summed E-state index contributed by atoms with van der Waals surface area (Å²) in [6.07, 6.45) is -3.76. The number of halogens is 3. The molecule has 0 aliphatic carbocycles. The number of thiophene rings is 1. The monoisotopic (exact) mass is 300 g/mol. The highest BCUT2D eigenvalue weighted by Gasteiger charge is 2.31. The van der Waals surface area contributed by atoms with Crippen molar-refractivity contribution in [2.45, 2.75) is 19.2 Å². The number of hydrogen-bond donors (Lipinski definition) is 0. The van der Waals surface area contributed by atoms with Crippen molar-refractivity contribution in [3.8, 4) is 5.75 Å². The van der Waals surface area contributed by atoms with Crippen LogP contribution in [-0.4, -0.2) is 12.1 Å². The topological polar surface area (TPSA) is 26.3 Å². The molecule has 20 heavy (non-hydrogen) atoms. The fourth-order valence-electron chi connectivity index (χ4n) is 1.68. The number of alkyl halides is 3. The van der Waals surface area contributed by atoms with Crippen LogP contribution in [-0.2, 0) is 6.42 Å². The Kier molecular flexibility index (Phi) is 4.44. The van der Waals surface area contributed by atoms with Crippen molar-refractivity contribution < 1.29 is 22.7 Å². The molecule has 106 valence electrons. The number of benzene rings is 1. The molecule has 0 saturated carbocycles. The first kappa shape index (κ1) is 14.6. The van der Waals surface area contributed by atoms with E-state index in [1.807, 2.05) is 16.8 Å². The lowest BCUT2D eigenvalue weighted by molar-refractivity contribution is -0.274. The average molecular weight is 300 g/mol. The summed E-state index contributed by atoms with van der Waals surface area (Å²) in [6.45, 7) is 0. The molecule has 0 atom stereocenters. The molecule has 0 radical (unpaired) electrons. The highest BCUT2D eigenvalue weighted by atomic mass is 32.1. The van der Waals surface area contributed by atoms with Crippen LogP contribution in [0.25, 0.3) is 0 Å². The third-order valence-electron chi connectivity index (χ3n) is 2.63. The first-order valence-electron chi connectivity index (χ1n) is 5.84. The molecule has 2 nitrogen and oxygen atoms in total. The normalized spacial score (nSPS) is 11.3. The predicted octanol–water partition coefficient (Wildman–Crippen LogP) is 4.46. The molecule has 6 heteroatoms. The van der Waals surface area contributed by atoms with Gasteiger partial charge in [-0.15, -0.1) is 13.2 Å². The molecule has 0 unspecified atom stereocenters. The zero-order valence-electron chi connectivity index (χ0n) is 10.3. The summed E-state index contributed by atoms with van der Waals surface area (Å²) in [5.74, 6) is -0.429. The fourth-order valence-corrected chi connectivity index (χ4v) is 2.38. The van der Waals surface area contributed by atoms with E-state index < -0.39 is 6.36 Å². The van der Waals surface area contributed by atoms with Gasteiger partial charge in [-0.3, -0.25) is 4.79 Å². The van der Waals surface area contributed by atoms with E-state index in [1.165, 1.54) is 12.1 Å². The summed E-state index contributed by atoms with van der Waals surface area (Å²) in [7, 11) is 0. The zero-order valence-corrected chi connectivity index (χ0v) is 11.1. The highest BCUT2D eigenvalue weighted by molar-refractivity contribution is 7.07. The Hall–Kier alpha value is -1.82. The van der Waals surface area contributed by atoms with Gasteiger partial charge in [0.25, 0.3) is 0 Å². The summed E-state index contributed by atoms with van der Waals surface area (Å²) in [6, 6.07) is 6.92. The summed E-state index contributed by atoms with van der Waals surface area (Å²) in [4.78, 5) is 11.9. The lowest BCUT2D eigenvalue weighted by Crippen LogP contribution is -2.17. The van der Waals surface area contributed by atoms with Gasteiger partial charge in [0.2, 0.25) is 0 Å². The Bertz CT molecular complexity index is 559. The Morgan fingerprint density at radius 1 is 1.15 bits per heavy atom. The molecule has 0 bridgehead atoms. The molecule has 0 fully saturated rings. The number of carbonyl (C=O) groups is 1. The van der Waals surface area contributed by atoms with Crippen LogP contribution in [0.15, 0.2) is 41.1 Å². The lowest BCUT2D eigenvalue weighted by Gasteiger charge is -2.08. The van der Waals surface area contributed by atoms with Crippen molar-refractivity contribution in [2.75, 3.05) is 0 Å². The van der Waals surface area contributed by atoms with Crippen LogP contribution in [0.1, 0.15) is 22.3 Å². The van der Waals surface area contributed by atoms with E-state index in [4.69, 9.17) is 0 Å². The van der Waals surface area contributed by atoms with Gasteiger partial charge in [0.1, 0.15) is 5.75 Å². The summed E-state index contributed by atoms with van der Waals surface area (Å²) in [5.41, 5.74) is 1.47. The number of ether oxygens (including phenoxy) is 1. The molecule has 0 aliphatic rings. The van der Waals surface area contributed by atoms with Gasteiger partial charge >= 0.3 is 6.36 Å². The maximum atomic E-state index is 12.0. The van der Waals surface area contributed by atoms with E-state index in [0.29, 0.717) is 18.4 Å². The Balaban J connectivity index is 1.93. The molecule has 1 aromatic heterocycles. The average Bonchev–Trinajstić information content (AvgIpc) is 2.88. The van der Waals surface area contributed by atoms with Crippen molar-refractivity contribution in [1.29, 1.82) is 0 Å². The van der Waals surface area contributed by atoms with Crippen LogP contribution >= 0.6 is 11.3 Å². The van der Waals surface area contributed by atoms with Crippen molar-refractivity contribution >= 4 is 17.1 Å². The quantitative estimate of drug-likeness (QED) is 0.762. The first-order chi connectivity index (χ1) is 9.44. The number of aryl methyl sites for hydroxylation is 1. The Labute approximate surface area is 117 Å². The third kappa shape index (κ3) is 4.38. The standard InChI is InChI=1S/C14H11F3O2S/c15-14(16,17)19-12-4-2-11(3-5-12)13(18)6-1-10-7-8-20-9-10/h2-5,7-9H,1,6H2. The van der Waals surface area contributed by atoms with E-state index in [9.17, 15) is 18.0 Å². The molecular weight excluding hydrogens is 289 g/mol. The fraction of sp³-hybridized carbons (Fsp3) is 0.214. The molecule has 1 aromatic carbocycles. The van der Waals surface area contributed by atoms with Gasteiger partial charge in [-0.1, -0.05) is 0 Å². The van der Waals surface area contributed by atoms with E-state index in [0.717, 1.165) is 17.7 Å². The highest BCUT2D eigenvalue weighted by Crippen LogP contribution is 2.23. The van der Waals surface area contributed by atoms with Gasteiger partial charge in [0, 0.05) is 12.0 Å². The van der Waals surface area contributed by atoms with Gasteiger partial charge in [0.05, 0.1) is 0 Å². The minimum absolute atomic E-state index is 0.102. The van der Waals surface area contributed by atoms with Gasteiger partial charge < -0.3 is 4.74 Å². The number of hydrogen-bond acceptors (Lipinski definition) is 3. The smallest absolute Gasteiger partial charge is 0.406 e. The first-order valence-corrected chi connectivity index (χ1v) is 6.78. The van der Waals surface area contributed by atoms with Crippen molar-refractivity contribution in [3.05, 3.63) is 52.2 Å². The van der Waals surface area contributed by atoms with Crippen LogP contribution in [0.4, 0.5) is 13.2 Å². The van der Waals surface area contributed by atoms with Crippen LogP contribution in [0.3, 0.4) is 0 Å². The lowest BCUT2D eigenvalue weighted by atomic mass is 10.0. The summed E-state index contributed by atoms with van der Waals surface area (Å²) in [5, 5.41) is 3.90. The second-order valence-electron chi connectivity index (χ2n) is 4.13. The van der Waals surface area contributed by atoms with Crippen LogP contribution in [0.2, 0.25) is 0 Å². The van der Waals surface area contributed by atoms with Crippen LogP contribution < -0.4 is 4.74 Å². The Morgan fingerprint density at radius 3 is 2.40 bits per heavy atom. The summed E-state index contributed by atoms with van der Waals surface area (Å²) >= 11 is 1.56. The molecule has 2 aromatic rings. The zero-order chi connectivity index (χ0) is 14.6. The molecule has 0 spiro atoms. The van der Waals surface area contributed by atoms with E-state index in [2.05, 4.69) is 4.74 Å². The molecule has 2 rings (SSSR count). The largest absolute Gasteiger partial charge is 0.573 e. The molecule has 0 saturated heterocycles. The van der Waals surface area contributed by atoms with Gasteiger partial charge in [-0.05, 0) is 53.1 Å². The summed E-state index contributed by atoms with van der Waals surface area (Å²) < 4.78 is 39.7.